The highest BCUT2D eigenvalue weighted by Gasteiger charge is 2.35. The predicted molar refractivity (Wildman–Crippen MR) is 103 cm³/mol. The van der Waals surface area contributed by atoms with E-state index < -0.39 is 11.9 Å². The number of aromatic nitrogens is 5. The van der Waals surface area contributed by atoms with Crippen LogP contribution in [0.1, 0.15) is 23.2 Å². The molecule has 150 valence electrons. The number of nitrogens with zero attached hydrogens (tertiary/aromatic N) is 5. The number of aryl methyl sites for hydroxylation is 1. The van der Waals surface area contributed by atoms with E-state index in [9.17, 15) is 18.0 Å². The van der Waals surface area contributed by atoms with Crippen molar-refractivity contribution < 1.29 is 13.2 Å². The summed E-state index contributed by atoms with van der Waals surface area (Å²) in [4.78, 5) is 22.7. The fourth-order valence-electron chi connectivity index (χ4n) is 3.07. The van der Waals surface area contributed by atoms with Crippen LogP contribution in [0.5, 0.6) is 0 Å². The van der Waals surface area contributed by atoms with Gasteiger partial charge >= 0.3 is 6.18 Å². The maximum Gasteiger partial charge on any atom is 0.433 e. The summed E-state index contributed by atoms with van der Waals surface area (Å²) >= 11 is 6.97. The van der Waals surface area contributed by atoms with E-state index in [1.807, 2.05) is 13.0 Å². The molecule has 6 nitrogen and oxygen atoms in total. The highest BCUT2D eigenvalue weighted by Crippen LogP contribution is 2.32. The SMILES string of the molecule is CCc1sc2nc(Cn3nc(Cl)cc3C(F)(F)F)cc(=O)n2c1-c1cccnc1. The summed E-state index contributed by atoms with van der Waals surface area (Å²) in [6, 6.07) is 5.57. The van der Waals surface area contributed by atoms with Crippen LogP contribution in [-0.4, -0.2) is 24.1 Å². The zero-order valence-corrected chi connectivity index (χ0v) is 16.5. The van der Waals surface area contributed by atoms with Gasteiger partial charge in [0.15, 0.2) is 10.1 Å². The highest BCUT2D eigenvalue weighted by atomic mass is 35.5. The molecule has 4 rings (SSSR count). The van der Waals surface area contributed by atoms with E-state index in [2.05, 4.69) is 15.1 Å². The summed E-state index contributed by atoms with van der Waals surface area (Å²) in [7, 11) is 0. The van der Waals surface area contributed by atoms with Crippen LogP contribution >= 0.6 is 22.9 Å². The van der Waals surface area contributed by atoms with Crippen molar-refractivity contribution in [3.63, 3.8) is 0 Å². The van der Waals surface area contributed by atoms with Crippen molar-refractivity contribution in [1.29, 1.82) is 0 Å². The lowest BCUT2D eigenvalue weighted by molar-refractivity contribution is -0.144. The molecule has 0 aromatic carbocycles. The molecule has 0 bridgehead atoms. The Labute approximate surface area is 171 Å². The van der Waals surface area contributed by atoms with Crippen LogP contribution in [0, 0.1) is 0 Å². The normalized spacial score (nSPS) is 12.0. The van der Waals surface area contributed by atoms with E-state index in [0.717, 1.165) is 16.5 Å². The topological polar surface area (TPSA) is 65.1 Å². The van der Waals surface area contributed by atoms with Crippen LogP contribution in [0.4, 0.5) is 13.2 Å². The molecule has 0 amide bonds. The molecule has 0 aliphatic carbocycles. The van der Waals surface area contributed by atoms with E-state index in [1.54, 1.807) is 18.5 Å². The fraction of sp³-hybridized carbons (Fsp3) is 0.222. The van der Waals surface area contributed by atoms with Crippen LogP contribution in [0.15, 0.2) is 41.5 Å². The summed E-state index contributed by atoms with van der Waals surface area (Å²) in [5, 5.41) is 3.40. The molecule has 4 heterocycles. The summed E-state index contributed by atoms with van der Waals surface area (Å²) < 4.78 is 41.7. The van der Waals surface area contributed by atoms with Crippen molar-refractivity contribution in [1.82, 2.24) is 24.1 Å². The number of hydrogen-bond acceptors (Lipinski definition) is 5. The van der Waals surface area contributed by atoms with E-state index in [0.29, 0.717) is 21.8 Å². The molecule has 0 fully saturated rings. The second-order valence-electron chi connectivity index (χ2n) is 6.18. The Morgan fingerprint density at radius 2 is 2.07 bits per heavy atom. The predicted octanol–water partition coefficient (Wildman–Crippen LogP) is 4.30. The van der Waals surface area contributed by atoms with E-state index in [4.69, 9.17) is 11.6 Å². The lowest BCUT2D eigenvalue weighted by Gasteiger charge is -2.10. The molecule has 11 heteroatoms. The minimum absolute atomic E-state index is 0.168. The summed E-state index contributed by atoms with van der Waals surface area (Å²) in [6.07, 6.45) is -0.663. The number of rotatable bonds is 4. The Balaban J connectivity index is 1.84. The molecule has 0 atom stereocenters. The maximum absolute atomic E-state index is 13.2. The molecule has 4 aromatic heterocycles. The molecule has 0 aliphatic heterocycles. The number of halogens is 4. The van der Waals surface area contributed by atoms with Crippen LogP contribution in [-0.2, 0) is 19.1 Å². The first kappa shape index (κ1) is 19.6. The molecule has 0 saturated carbocycles. The average molecular weight is 440 g/mol. The molecular formula is C18H13ClF3N5OS. The van der Waals surface area contributed by atoms with E-state index >= 15 is 0 Å². The fourth-order valence-corrected chi connectivity index (χ4v) is 4.37. The van der Waals surface area contributed by atoms with Gasteiger partial charge in [0.1, 0.15) is 5.69 Å². The molecule has 4 aromatic rings. The Bertz CT molecular complexity index is 1250. The van der Waals surface area contributed by atoms with Gasteiger partial charge in [-0.2, -0.15) is 18.3 Å². The zero-order valence-electron chi connectivity index (χ0n) is 14.9. The standard InChI is InChI=1S/C18H13ClF3N5OS/c1-2-12-16(10-4-3-5-23-8-10)27-15(28)6-11(24-17(27)29-12)9-26-13(18(20,21)22)7-14(19)25-26/h3-8H,2,9H2,1H3. The summed E-state index contributed by atoms with van der Waals surface area (Å²) in [5.74, 6) is 0. The van der Waals surface area contributed by atoms with E-state index in [-0.39, 0.29) is 23.0 Å². The first-order valence-electron chi connectivity index (χ1n) is 8.53. The first-order chi connectivity index (χ1) is 13.8. The third-order valence-electron chi connectivity index (χ3n) is 4.25. The zero-order chi connectivity index (χ0) is 20.8. The highest BCUT2D eigenvalue weighted by molar-refractivity contribution is 7.17. The number of pyridine rings is 1. The molecule has 0 aliphatic rings. The van der Waals surface area contributed by atoms with Gasteiger partial charge in [-0.3, -0.25) is 18.9 Å². The maximum atomic E-state index is 13.2. The average Bonchev–Trinajstić information content (AvgIpc) is 3.22. The number of hydrogen-bond donors (Lipinski definition) is 0. The first-order valence-corrected chi connectivity index (χ1v) is 9.72. The monoisotopic (exact) mass is 439 g/mol. The Hall–Kier alpha value is -2.72. The van der Waals surface area contributed by atoms with Gasteiger partial charge in [-0.1, -0.05) is 18.5 Å². The smallest absolute Gasteiger partial charge is 0.269 e. The number of alkyl halides is 3. The van der Waals surface area contributed by atoms with Crippen molar-refractivity contribution in [3.8, 4) is 11.3 Å². The number of fused-ring (bicyclic) bond motifs is 1. The summed E-state index contributed by atoms with van der Waals surface area (Å²) in [5.41, 5.74) is 0.253. The third kappa shape index (κ3) is 3.65. The lowest BCUT2D eigenvalue weighted by Crippen LogP contribution is -2.19. The molecule has 0 unspecified atom stereocenters. The molecular weight excluding hydrogens is 427 g/mol. The van der Waals surface area contributed by atoms with Crippen molar-refractivity contribution in [2.75, 3.05) is 0 Å². The Morgan fingerprint density at radius 3 is 2.72 bits per heavy atom. The molecule has 29 heavy (non-hydrogen) atoms. The molecule has 0 spiro atoms. The Kier molecular flexibility index (Phi) is 4.91. The van der Waals surface area contributed by atoms with Crippen LogP contribution in [0.25, 0.3) is 16.2 Å². The van der Waals surface area contributed by atoms with Gasteiger partial charge in [0.2, 0.25) is 0 Å². The van der Waals surface area contributed by atoms with Gasteiger partial charge in [-0.25, -0.2) is 4.98 Å². The largest absolute Gasteiger partial charge is 0.433 e. The van der Waals surface area contributed by atoms with Crippen molar-refractivity contribution in [2.24, 2.45) is 0 Å². The van der Waals surface area contributed by atoms with Crippen LogP contribution in [0.3, 0.4) is 0 Å². The second-order valence-corrected chi connectivity index (χ2v) is 7.63. The summed E-state index contributed by atoms with van der Waals surface area (Å²) in [6.45, 7) is 1.63. The van der Waals surface area contributed by atoms with Gasteiger partial charge in [0.05, 0.1) is 17.9 Å². The van der Waals surface area contributed by atoms with Gasteiger partial charge in [0.25, 0.3) is 5.56 Å². The van der Waals surface area contributed by atoms with E-state index in [1.165, 1.54) is 21.8 Å². The minimum atomic E-state index is -4.62. The second kappa shape index (κ2) is 7.27. The van der Waals surface area contributed by atoms with Crippen molar-refractivity contribution in [3.05, 3.63) is 68.4 Å². The molecule has 0 N–H and O–H groups in total. The van der Waals surface area contributed by atoms with Gasteiger partial charge < -0.3 is 0 Å². The number of thiazole rings is 1. The van der Waals surface area contributed by atoms with Crippen molar-refractivity contribution in [2.45, 2.75) is 26.1 Å². The van der Waals surface area contributed by atoms with Gasteiger partial charge in [-0.15, -0.1) is 11.3 Å². The van der Waals surface area contributed by atoms with Gasteiger partial charge in [-0.05, 0) is 18.6 Å². The molecule has 0 radical (unpaired) electrons. The van der Waals surface area contributed by atoms with Crippen LogP contribution in [0.2, 0.25) is 5.15 Å². The Morgan fingerprint density at radius 1 is 1.28 bits per heavy atom. The van der Waals surface area contributed by atoms with Gasteiger partial charge in [0, 0.05) is 35.0 Å². The third-order valence-corrected chi connectivity index (χ3v) is 5.62. The lowest BCUT2D eigenvalue weighted by atomic mass is 10.1. The van der Waals surface area contributed by atoms with Crippen LogP contribution < -0.4 is 5.56 Å². The quantitative estimate of drug-likeness (QED) is 0.475. The van der Waals surface area contributed by atoms with Crippen molar-refractivity contribution >= 4 is 27.9 Å². The molecule has 0 saturated heterocycles. The minimum Gasteiger partial charge on any atom is -0.269 e.